The number of sulfonamides is 1. The molecule has 3 aliphatic carbocycles. The Hall–Kier alpha value is -3.09. The first-order valence-electron chi connectivity index (χ1n) is 14.3. The molecule has 8 rings (SSSR count). The van der Waals surface area contributed by atoms with Crippen molar-refractivity contribution >= 4 is 56.0 Å². The van der Waals surface area contributed by atoms with Gasteiger partial charge in [0, 0.05) is 16.7 Å². The van der Waals surface area contributed by atoms with E-state index in [0.29, 0.717) is 17.5 Å². The van der Waals surface area contributed by atoms with Crippen LogP contribution in [0.15, 0.2) is 45.8 Å². The topological polar surface area (TPSA) is 161 Å². The van der Waals surface area contributed by atoms with E-state index in [2.05, 4.69) is 0 Å². The van der Waals surface area contributed by atoms with Gasteiger partial charge in [0.15, 0.2) is 0 Å². The van der Waals surface area contributed by atoms with Gasteiger partial charge in [-0.15, -0.1) is 0 Å². The molecular weight excluding hydrogens is 578 g/mol. The molecule has 12 heteroatoms. The van der Waals surface area contributed by atoms with Gasteiger partial charge < -0.3 is 20.7 Å². The van der Waals surface area contributed by atoms with Crippen molar-refractivity contribution in [1.29, 1.82) is 0 Å². The van der Waals surface area contributed by atoms with Gasteiger partial charge in [-0.2, -0.15) is 0 Å². The normalized spacial score (nSPS) is 31.4. The van der Waals surface area contributed by atoms with E-state index in [0.717, 1.165) is 72.6 Å². The molecule has 10 nitrogen and oxygen atoms in total. The smallest absolute Gasteiger partial charge is 0.265 e. The maximum Gasteiger partial charge on any atom is 0.265 e. The molecule has 1 saturated heterocycles. The van der Waals surface area contributed by atoms with Gasteiger partial charge in [-0.1, -0.05) is 30.0 Å². The fourth-order valence-electron chi connectivity index (χ4n) is 8.14. The molecule has 6 aliphatic rings. The van der Waals surface area contributed by atoms with Gasteiger partial charge in [0.25, 0.3) is 10.0 Å². The van der Waals surface area contributed by atoms with Crippen molar-refractivity contribution in [2.24, 2.45) is 22.5 Å². The van der Waals surface area contributed by atoms with Crippen LogP contribution in [0.1, 0.15) is 57.4 Å². The van der Waals surface area contributed by atoms with Crippen molar-refractivity contribution in [3.05, 3.63) is 46.5 Å². The summed E-state index contributed by atoms with van der Waals surface area (Å²) in [5.41, 5.74) is 6.91. The van der Waals surface area contributed by atoms with Crippen LogP contribution in [0.4, 0.5) is 5.69 Å². The van der Waals surface area contributed by atoms with Gasteiger partial charge in [-0.05, 0) is 85.8 Å². The molecule has 0 radical (unpaired) electrons. The first-order chi connectivity index (χ1) is 19.9. The summed E-state index contributed by atoms with van der Waals surface area (Å²) in [6.07, 6.45) is 6.25. The molecule has 3 unspecified atom stereocenters. The number of amides is 2. The molecule has 0 spiro atoms. The van der Waals surface area contributed by atoms with Crippen molar-refractivity contribution in [1.82, 2.24) is 4.90 Å². The number of benzene rings is 2. The number of β-lactam (4-membered cyclic amide) rings is 1. The number of fused-ring (bicyclic) bond motifs is 4. The number of nitrogens with two attached hydrogens (primary N) is 1. The Labute approximate surface area is 248 Å². The van der Waals surface area contributed by atoms with Crippen LogP contribution in [-0.2, 0) is 30.8 Å². The van der Waals surface area contributed by atoms with Gasteiger partial charge in [0.1, 0.15) is 5.37 Å². The minimum Gasteiger partial charge on any atom is -0.543 e. The van der Waals surface area contributed by atoms with E-state index in [4.69, 9.17) is 5.73 Å². The number of aliphatic hydroxyl groups is 1. The third-order valence-corrected chi connectivity index (χ3v) is 13.6. The Balaban J connectivity index is 1.21. The number of carboxylic acid groups (broad SMARTS) is 1. The lowest BCUT2D eigenvalue weighted by Gasteiger charge is -2.53. The van der Waals surface area contributed by atoms with E-state index in [1.165, 1.54) is 11.2 Å². The summed E-state index contributed by atoms with van der Waals surface area (Å²) in [4.78, 5) is 37.9. The predicted octanol–water partition coefficient (Wildman–Crippen LogP) is 1.98. The molecule has 3 heterocycles. The Morgan fingerprint density at radius 2 is 1.79 bits per heavy atom. The van der Waals surface area contributed by atoms with E-state index >= 15 is 0 Å². The van der Waals surface area contributed by atoms with E-state index < -0.39 is 39.3 Å². The molecule has 2 aromatic rings. The van der Waals surface area contributed by atoms with Gasteiger partial charge in [-0.25, -0.2) is 8.42 Å². The minimum atomic E-state index is -4.00. The van der Waals surface area contributed by atoms with Crippen molar-refractivity contribution in [2.75, 3.05) is 10.8 Å². The van der Waals surface area contributed by atoms with E-state index in [-0.39, 0.29) is 38.8 Å². The van der Waals surface area contributed by atoms with E-state index in [9.17, 15) is 33.0 Å². The zero-order valence-electron chi connectivity index (χ0n) is 23.2. The summed E-state index contributed by atoms with van der Waals surface area (Å²) in [5.74, 6) is -3.06. The fourth-order valence-corrected chi connectivity index (χ4v) is 11.5. The number of carbonyl (C=O) groups excluding carboxylic acids is 3. The van der Waals surface area contributed by atoms with Crippen molar-refractivity contribution in [3.8, 4) is 0 Å². The molecule has 42 heavy (non-hydrogen) atoms. The number of carboxylic acids is 1. The number of hydrogen-bond acceptors (Lipinski definition) is 8. The lowest BCUT2D eigenvalue weighted by Crippen LogP contribution is -2.61. The summed E-state index contributed by atoms with van der Waals surface area (Å²) in [7, 11) is -4.00. The van der Waals surface area contributed by atoms with Crippen LogP contribution in [-0.4, -0.2) is 54.2 Å². The summed E-state index contributed by atoms with van der Waals surface area (Å²) >= 11 is 1.10. The standard InChI is InChI=1S/C30H33N3O7S2/c1-16(34)23-26(36)33-25(28(37)38)20(41-27(23)33)15-32-19-4-2-3-18-17(5-6-21(24(18)19)42(32,39)40)13-29-7-10-30(11-8-29,12-9-29)14-22(31)35/h2-6,16,23,27,34H,7-15H2,1H3,(H2,31,35)(H,37,38)/p-1. The van der Waals surface area contributed by atoms with Gasteiger partial charge in [0.05, 0.1) is 40.8 Å². The number of thioether (sulfide) groups is 1. The Kier molecular flexibility index (Phi) is 6.08. The maximum atomic E-state index is 13.9. The molecule has 3 aliphatic heterocycles. The zero-order valence-corrected chi connectivity index (χ0v) is 24.8. The highest BCUT2D eigenvalue weighted by molar-refractivity contribution is 8.04. The number of aliphatic hydroxyl groups excluding tert-OH is 1. The second-order valence-corrected chi connectivity index (χ2v) is 15.8. The third-order valence-electron chi connectivity index (χ3n) is 10.4. The van der Waals surface area contributed by atoms with Crippen LogP contribution in [0.2, 0.25) is 0 Å². The Morgan fingerprint density at radius 3 is 2.40 bits per heavy atom. The summed E-state index contributed by atoms with van der Waals surface area (Å²) in [5, 5.41) is 23.0. The number of nitrogens with zero attached hydrogens (tertiary/aromatic N) is 2. The first-order valence-corrected chi connectivity index (χ1v) is 16.7. The second kappa shape index (κ2) is 9.20. The predicted molar refractivity (Wildman–Crippen MR) is 154 cm³/mol. The number of hydrogen-bond donors (Lipinski definition) is 2. The molecular formula is C30H32N3O7S2-. The molecule has 2 bridgehead atoms. The SMILES string of the molecule is CC(O)C1C(=O)N2C(C(=O)[O-])=C(CN3c4cccc5c(CC67CCC(CC(N)=O)(CC6)CC7)ccc(c45)S3(=O)=O)SC12. The first kappa shape index (κ1) is 27.7. The highest BCUT2D eigenvalue weighted by Gasteiger charge is 2.57. The number of rotatable bonds is 8. The zero-order chi connectivity index (χ0) is 29.8. The van der Waals surface area contributed by atoms with E-state index in [1.807, 2.05) is 18.2 Å². The lowest BCUT2D eigenvalue weighted by atomic mass is 9.51. The van der Waals surface area contributed by atoms with E-state index in [1.54, 1.807) is 12.1 Å². The van der Waals surface area contributed by atoms with Crippen molar-refractivity contribution in [2.45, 2.75) is 74.7 Å². The molecule has 2 aromatic carbocycles. The molecule has 4 fully saturated rings. The van der Waals surface area contributed by atoms with Crippen LogP contribution in [0.25, 0.3) is 10.8 Å². The van der Waals surface area contributed by atoms with Crippen LogP contribution < -0.4 is 15.1 Å². The summed E-state index contributed by atoms with van der Waals surface area (Å²) < 4.78 is 29.0. The van der Waals surface area contributed by atoms with Crippen LogP contribution in [0.5, 0.6) is 0 Å². The number of primary amides is 1. The highest BCUT2D eigenvalue weighted by atomic mass is 32.2. The van der Waals surface area contributed by atoms with Gasteiger partial charge in [-0.3, -0.25) is 18.8 Å². The maximum absolute atomic E-state index is 13.9. The second-order valence-electron chi connectivity index (χ2n) is 12.8. The molecule has 222 valence electrons. The largest absolute Gasteiger partial charge is 0.543 e. The van der Waals surface area contributed by atoms with Crippen LogP contribution in [0.3, 0.4) is 0 Å². The fraction of sp³-hybridized carbons (Fsp3) is 0.500. The minimum absolute atomic E-state index is 0.0251. The molecule has 3 atom stereocenters. The van der Waals surface area contributed by atoms with Crippen LogP contribution in [0, 0.1) is 16.7 Å². The quantitative estimate of drug-likeness (QED) is 0.429. The average molecular weight is 611 g/mol. The summed E-state index contributed by atoms with van der Waals surface area (Å²) in [6.45, 7) is 1.23. The molecule has 0 aromatic heterocycles. The Morgan fingerprint density at radius 1 is 1.12 bits per heavy atom. The highest BCUT2D eigenvalue weighted by Crippen LogP contribution is 2.60. The number of carbonyl (C=O) groups is 3. The third kappa shape index (κ3) is 3.87. The molecule has 3 saturated carbocycles. The molecule has 2 amide bonds. The van der Waals surface area contributed by atoms with Gasteiger partial charge >= 0.3 is 0 Å². The lowest BCUT2D eigenvalue weighted by molar-refractivity contribution is -0.301. The van der Waals surface area contributed by atoms with Gasteiger partial charge in [0.2, 0.25) is 11.8 Å². The Bertz CT molecular complexity index is 1690. The number of aliphatic carboxylic acids is 1. The monoisotopic (exact) mass is 610 g/mol. The van der Waals surface area contributed by atoms with Crippen molar-refractivity contribution < 1.29 is 33.0 Å². The summed E-state index contributed by atoms with van der Waals surface area (Å²) in [6, 6.07) is 9.07. The average Bonchev–Trinajstić information content (AvgIpc) is 3.36. The van der Waals surface area contributed by atoms with Crippen LogP contribution >= 0.6 is 11.8 Å². The van der Waals surface area contributed by atoms with Crippen molar-refractivity contribution in [3.63, 3.8) is 0 Å². The number of anilines is 1. The molecule has 3 N–H and O–H groups in total.